The highest BCUT2D eigenvalue weighted by molar-refractivity contribution is 5.79. The fraction of sp³-hybridized carbons (Fsp3) is 0.474. The van der Waals surface area contributed by atoms with Gasteiger partial charge >= 0.3 is 0 Å². The molecule has 0 atom stereocenters. The SMILES string of the molecule is CCC(CC)C(=O)N1CCN(c2cc(Nc3ccccn3)ncn2)CC1. The van der Waals surface area contributed by atoms with Gasteiger partial charge < -0.3 is 15.1 Å². The molecule has 1 aliphatic rings. The quantitative estimate of drug-likeness (QED) is 0.860. The van der Waals surface area contributed by atoms with Gasteiger partial charge in [0, 0.05) is 44.4 Å². The molecule has 2 aromatic rings. The second kappa shape index (κ2) is 8.60. The molecule has 0 saturated carbocycles. The monoisotopic (exact) mass is 354 g/mol. The van der Waals surface area contributed by atoms with Gasteiger partial charge in [-0.15, -0.1) is 0 Å². The lowest BCUT2D eigenvalue weighted by atomic mass is 10.0. The molecule has 7 heteroatoms. The minimum absolute atomic E-state index is 0.148. The lowest BCUT2D eigenvalue weighted by Crippen LogP contribution is -2.50. The first-order valence-electron chi connectivity index (χ1n) is 9.25. The van der Waals surface area contributed by atoms with Crippen molar-refractivity contribution in [3.05, 3.63) is 36.8 Å². The topological polar surface area (TPSA) is 74.2 Å². The number of nitrogens with one attached hydrogen (secondary N) is 1. The summed E-state index contributed by atoms with van der Waals surface area (Å²) in [6, 6.07) is 7.61. The lowest BCUT2D eigenvalue weighted by Gasteiger charge is -2.36. The summed E-state index contributed by atoms with van der Waals surface area (Å²) in [6.45, 7) is 7.21. The Morgan fingerprint density at radius 1 is 1.08 bits per heavy atom. The van der Waals surface area contributed by atoms with Gasteiger partial charge in [0.15, 0.2) is 0 Å². The Labute approximate surface area is 154 Å². The average Bonchev–Trinajstić information content (AvgIpc) is 2.70. The fourth-order valence-electron chi connectivity index (χ4n) is 3.21. The molecule has 0 bridgehead atoms. The van der Waals surface area contributed by atoms with Crippen LogP contribution in [-0.2, 0) is 4.79 Å². The minimum Gasteiger partial charge on any atom is -0.353 e. The Morgan fingerprint density at radius 2 is 1.85 bits per heavy atom. The molecule has 0 unspecified atom stereocenters. The molecule has 26 heavy (non-hydrogen) atoms. The molecule has 1 saturated heterocycles. The number of rotatable bonds is 6. The van der Waals surface area contributed by atoms with Crippen LogP contribution >= 0.6 is 0 Å². The Bertz CT molecular complexity index is 711. The molecule has 3 heterocycles. The van der Waals surface area contributed by atoms with Gasteiger partial charge in [0.1, 0.15) is 23.8 Å². The predicted octanol–water partition coefficient (Wildman–Crippen LogP) is 2.70. The van der Waals surface area contributed by atoms with Crippen molar-refractivity contribution in [2.24, 2.45) is 5.92 Å². The number of carbonyl (C=O) groups excluding carboxylic acids is 1. The number of hydrogen-bond acceptors (Lipinski definition) is 6. The van der Waals surface area contributed by atoms with Crippen LogP contribution in [0.4, 0.5) is 17.5 Å². The number of carbonyl (C=O) groups is 1. The molecule has 1 N–H and O–H groups in total. The Balaban J connectivity index is 1.61. The molecule has 2 aromatic heterocycles. The van der Waals surface area contributed by atoms with Crippen LogP contribution in [0.3, 0.4) is 0 Å². The summed E-state index contributed by atoms with van der Waals surface area (Å²) in [4.78, 5) is 29.6. The standard InChI is InChI=1S/C19H26N6O/c1-3-15(4-2)19(26)25-11-9-24(10-12-25)18-13-17(21-14-22-18)23-16-7-5-6-8-20-16/h5-8,13-15H,3-4,9-12H2,1-2H3,(H,20,21,22,23). The second-order valence-corrected chi connectivity index (χ2v) is 6.43. The van der Waals surface area contributed by atoms with E-state index in [1.165, 1.54) is 0 Å². The predicted molar refractivity (Wildman–Crippen MR) is 102 cm³/mol. The number of piperazine rings is 1. The number of hydrogen-bond donors (Lipinski definition) is 1. The van der Waals surface area contributed by atoms with Crippen molar-refractivity contribution >= 4 is 23.4 Å². The maximum atomic E-state index is 12.5. The maximum Gasteiger partial charge on any atom is 0.225 e. The van der Waals surface area contributed by atoms with E-state index in [1.807, 2.05) is 29.2 Å². The van der Waals surface area contributed by atoms with Gasteiger partial charge in [0.25, 0.3) is 0 Å². The van der Waals surface area contributed by atoms with E-state index in [4.69, 9.17) is 0 Å². The van der Waals surface area contributed by atoms with E-state index in [9.17, 15) is 4.79 Å². The van der Waals surface area contributed by atoms with Crippen molar-refractivity contribution in [2.45, 2.75) is 26.7 Å². The normalized spacial score (nSPS) is 14.6. The molecule has 3 rings (SSSR count). The van der Waals surface area contributed by atoms with E-state index in [0.717, 1.165) is 50.7 Å². The highest BCUT2D eigenvalue weighted by atomic mass is 16.2. The fourth-order valence-corrected chi connectivity index (χ4v) is 3.21. The summed E-state index contributed by atoms with van der Waals surface area (Å²) in [7, 11) is 0. The summed E-state index contributed by atoms with van der Waals surface area (Å²) in [5, 5.41) is 3.19. The largest absolute Gasteiger partial charge is 0.353 e. The van der Waals surface area contributed by atoms with Crippen LogP contribution in [0.25, 0.3) is 0 Å². The maximum absolute atomic E-state index is 12.5. The second-order valence-electron chi connectivity index (χ2n) is 6.43. The van der Waals surface area contributed by atoms with E-state index in [-0.39, 0.29) is 11.8 Å². The number of amides is 1. The number of anilines is 3. The molecule has 7 nitrogen and oxygen atoms in total. The molecule has 1 aliphatic heterocycles. The Hall–Kier alpha value is -2.70. The molecule has 0 aromatic carbocycles. The lowest BCUT2D eigenvalue weighted by molar-refractivity contribution is -0.136. The first kappa shape index (κ1) is 18.1. The van der Waals surface area contributed by atoms with Crippen LogP contribution in [0, 0.1) is 5.92 Å². The average molecular weight is 354 g/mol. The van der Waals surface area contributed by atoms with Gasteiger partial charge in [-0.2, -0.15) is 0 Å². The van der Waals surface area contributed by atoms with Gasteiger partial charge in [0.05, 0.1) is 0 Å². The summed E-state index contributed by atoms with van der Waals surface area (Å²) < 4.78 is 0. The van der Waals surface area contributed by atoms with Gasteiger partial charge in [-0.1, -0.05) is 19.9 Å². The Kier molecular flexibility index (Phi) is 5.99. The molecule has 1 fully saturated rings. The third-order valence-electron chi connectivity index (χ3n) is 4.82. The van der Waals surface area contributed by atoms with Gasteiger partial charge in [-0.25, -0.2) is 15.0 Å². The third kappa shape index (κ3) is 4.28. The third-order valence-corrected chi connectivity index (χ3v) is 4.82. The van der Waals surface area contributed by atoms with Crippen LogP contribution in [0.5, 0.6) is 0 Å². The van der Waals surface area contributed by atoms with Gasteiger partial charge in [-0.3, -0.25) is 4.79 Å². The van der Waals surface area contributed by atoms with E-state index >= 15 is 0 Å². The van der Waals surface area contributed by atoms with Crippen LogP contribution in [0.15, 0.2) is 36.8 Å². The highest BCUT2D eigenvalue weighted by Gasteiger charge is 2.26. The van der Waals surface area contributed by atoms with E-state index < -0.39 is 0 Å². The molecule has 0 aliphatic carbocycles. The summed E-state index contributed by atoms with van der Waals surface area (Å²) in [5.74, 6) is 2.76. The zero-order valence-electron chi connectivity index (χ0n) is 15.4. The zero-order chi connectivity index (χ0) is 18.4. The minimum atomic E-state index is 0.148. The first-order valence-corrected chi connectivity index (χ1v) is 9.25. The summed E-state index contributed by atoms with van der Waals surface area (Å²) in [5.41, 5.74) is 0. The summed E-state index contributed by atoms with van der Waals surface area (Å²) in [6.07, 6.45) is 5.11. The van der Waals surface area contributed by atoms with Crippen LogP contribution in [-0.4, -0.2) is 51.9 Å². The number of nitrogens with zero attached hydrogens (tertiary/aromatic N) is 5. The molecule has 0 radical (unpaired) electrons. The molecular formula is C19H26N6O. The van der Waals surface area contributed by atoms with E-state index in [2.05, 4.69) is 39.0 Å². The zero-order valence-corrected chi connectivity index (χ0v) is 15.4. The number of pyridine rings is 1. The van der Waals surface area contributed by atoms with Crippen LogP contribution < -0.4 is 10.2 Å². The van der Waals surface area contributed by atoms with Crippen LogP contribution in [0.2, 0.25) is 0 Å². The first-order chi connectivity index (χ1) is 12.7. The Morgan fingerprint density at radius 3 is 2.50 bits per heavy atom. The van der Waals surface area contributed by atoms with Gasteiger partial charge in [0.2, 0.25) is 5.91 Å². The van der Waals surface area contributed by atoms with Crippen molar-refractivity contribution < 1.29 is 4.79 Å². The van der Waals surface area contributed by atoms with E-state index in [1.54, 1.807) is 12.5 Å². The van der Waals surface area contributed by atoms with Crippen LogP contribution in [0.1, 0.15) is 26.7 Å². The molecular weight excluding hydrogens is 328 g/mol. The van der Waals surface area contributed by atoms with Crippen molar-refractivity contribution in [1.82, 2.24) is 19.9 Å². The van der Waals surface area contributed by atoms with Crippen molar-refractivity contribution in [3.63, 3.8) is 0 Å². The number of aromatic nitrogens is 3. The highest BCUT2D eigenvalue weighted by Crippen LogP contribution is 2.20. The molecule has 1 amide bonds. The van der Waals surface area contributed by atoms with E-state index in [0.29, 0.717) is 5.82 Å². The molecule has 138 valence electrons. The van der Waals surface area contributed by atoms with Crippen molar-refractivity contribution in [3.8, 4) is 0 Å². The van der Waals surface area contributed by atoms with Crippen molar-refractivity contribution in [2.75, 3.05) is 36.4 Å². The smallest absolute Gasteiger partial charge is 0.225 e. The van der Waals surface area contributed by atoms with Gasteiger partial charge in [-0.05, 0) is 25.0 Å². The van der Waals surface area contributed by atoms with Crippen molar-refractivity contribution in [1.29, 1.82) is 0 Å². The molecule has 0 spiro atoms. The summed E-state index contributed by atoms with van der Waals surface area (Å²) >= 11 is 0.